The van der Waals surface area contributed by atoms with Crippen LogP contribution in [-0.2, 0) is 6.18 Å². The molecule has 0 saturated heterocycles. The number of nitrogens with zero attached hydrogens (tertiary/aromatic N) is 2. The summed E-state index contributed by atoms with van der Waals surface area (Å²) >= 11 is 2.82. The smallest absolute Gasteiger partial charge is 0.417 e. The van der Waals surface area contributed by atoms with Crippen molar-refractivity contribution in [3.63, 3.8) is 0 Å². The molecule has 2 aromatic rings. The molecule has 0 aliphatic heterocycles. The minimum Gasteiger partial charge on any atom is -0.476 e. The topological polar surface area (TPSA) is 55.1 Å². The maximum atomic E-state index is 12.7. The number of aromatic carboxylic acids is 1. The van der Waals surface area contributed by atoms with Gasteiger partial charge in [0.2, 0.25) is 0 Å². The second-order valence-electron chi connectivity index (χ2n) is 3.61. The van der Waals surface area contributed by atoms with Crippen molar-refractivity contribution in [1.29, 1.82) is 0 Å². The predicted molar refractivity (Wildman–Crippen MR) is 63.2 cm³/mol. The molecular weight excluding hydrogens is 329 g/mol. The Hall–Kier alpha value is -1.83. The standard InChI is InChI=1S/C11H6BrF3N2O2/c12-8-2-1-6(5-7(8)11(13,14)15)17-4-3-9(16-17)10(18)19/h1-5H,(H,18,19). The number of alkyl halides is 3. The van der Waals surface area contributed by atoms with Gasteiger partial charge in [-0.3, -0.25) is 0 Å². The third-order valence-corrected chi connectivity index (χ3v) is 3.02. The van der Waals surface area contributed by atoms with Crippen LogP contribution in [0.3, 0.4) is 0 Å². The Morgan fingerprint density at radius 2 is 2.00 bits per heavy atom. The first kappa shape index (κ1) is 13.6. The van der Waals surface area contributed by atoms with Crippen LogP contribution in [0.15, 0.2) is 34.9 Å². The van der Waals surface area contributed by atoms with Crippen molar-refractivity contribution < 1.29 is 23.1 Å². The molecule has 0 atom stereocenters. The molecule has 2 rings (SSSR count). The van der Waals surface area contributed by atoms with Crippen LogP contribution in [0.5, 0.6) is 0 Å². The second kappa shape index (κ2) is 4.69. The highest BCUT2D eigenvalue weighted by atomic mass is 79.9. The van der Waals surface area contributed by atoms with Gasteiger partial charge in [-0.2, -0.15) is 18.3 Å². The summed E-state index contributed by atoms with van der Waals surface area (Å²) in [6.45, 7) is 0. The summed E-state index contributed by atoms with van der Waals surface area (Å²) < 4.78 is 39.2. The van der Waals surface area contributed by atoms with Crippen LogP contribution < -0.4 is 0 Å². The lowest BCUT2D eigenvalue weighted by atomic mass is 10.2. The van der Waals surface area contributed by atoms with E-state index in [1.807, 2.05) is 0 Å². The van der Waals surface area contributed by atoms with Gasteiger partial charge in [0.05, 0.1) is 11.3 Å². The van der Waals surface area contributed by atoms with Gasteiger partial charge in [0.25, 0.3) is 0 Å². The van der Waals surface area contributed by atoms with Crippen molar-refractivity contribution in [3.05, 3.63) is 46.2 Å². The van der Waals surface area contributed by atoms with Crippen LogP contribution in [0.2, 0.25) is 0 Å². The fourth-order valence-electron chi connectivity index (χ4n) is 1.45. The molecule has 1 N–H and O–H groups in total. The fraction of sp³-hybridized carbons (Fsp3) is 0.0909. The number of halogens is 4. The van der Waals surface area contributed by atoms with Crippen LogP contribution in [0.25, 0.3) is 5.69 Å². The SMILES string of the molecule is O=C(O)c1ccn(-c2ccc(Br)c(C(F)(F)F)c2)n1. The Morgan fingerprint density at radius 3 is 2.53 bits per heavy atom. The lowest BCUT2D eigenvalue weighted by Crippen LogP contribution is -2.08. The molecule has 0 bridgehead atoms. The van der Waals surface area contributed by atoms with E-state index in [1.54, 1.807) is 0 Å². The van der Waals surface area contributed by atoms with Crippen LogP contribution in [0, 0.1) is 0 Å². The van der Waals surface area contributed by atoms with Gasteiger partial charge in [0, 0.05) is 10.7 Å². The molecular formula is C11H6BrF3N2O2. The summed E-state index contributed by atoms with van der Waals surface area (Å²) in [5.74, 6) is -1.24. The van der Waals surface area contributed by atoms with E-state index in [2.05, 4.69) is 21.0 Å². The van der Waals surface area contributed by atoms with Gasteiger partial charge in [-0.25, -0.2) is 9.48 Å². The van der Waals surface area contributed by atoms with Crippen molar-refractivity contribution in [1.82, 2.24) is 9.78 Å². The molecule has 0 saturated carbocycles. The number of carbonyl (C=O) groups is 1. The number of hydrogen-bond acceptors (Lipinski definition) is 2. The Bertz CT molecular complexity index is 637. The largest absolute Gasteiger partial charge is 0.476 e. The quantitative estimate of drug-likeness (QED) is 0.916. The van der Waals surface area contributed by atoms with E-state index in [-0.39, 0.29) is 15.9 Å². The molecule has 1 heterocycles. The first-order valence-electron chi connectivity index (χ1n) is 4.95. The van der Waals surface area contributed by atoms with Crippen molar-refractivity contribution in [2.24, 2.45) is 0 Å². The number of aromatic nitrogens is 2. The van der Waals surface area contributed by atoms with E-state index in [9.17, 15) is 18.0 Å². The van der Waals surface area contributed by atoms with E-state index in [0.717, 1.165) is 10.7 Å². The maximum absolute atomic E-state index is 12.7. The molecule has 0 spiro atoms. The van der Waals surface area contributed by atoms with Crippen molar-refractivity contribution in [3.8, 4) is 5.69 Å². The minimum atomic E-state index is -4.50. The van der Waals surface area contributed by atoms with Gasteiger partial charge in [-0.1, -0.05) is 15.9 Å². The Labute approximate surface area is 113 Å². The molecule has 1 aromatic heterocycles. The van der Waals surface area contributed by atoms with Gasteiger partial charge in [-0.15, -0.1) is 0 Å². The highest BCUT2D eigenvalue weighted by molar-refractivity contribution is 9.10. The van der Waals surface area contributed by atoms with Crippen molar-refractivity contribution in [2.75, 3.05) is 0 Å². The molecule has 0 fully saturated rings. The molecule has 0 radical (unpaired) electrons. The number of hydrogen-bond donors (Lipinski definition) is 1. The van der Waals surface area contributed by atoms with E-state index in [4.69, 9.17) is 5.11 Å². The molecule has 0 amide bonds. The third-order valence-electron chi connectivity index (χ3n) is 2.33. The van der Waals surface area contributed by atoms with Gasteiger partial charge in [0.1, 0.15) is 0 Å². The first-order valence-corrected chi connectivity index (χ1v) is 5.74. The summed E-state index contributed by atoms with van der Waals surface area (Å²) in [5, 5.41) is 12.4. The van der Waals surface area contributed by atoms with E-state index in [1.165, 1.54) is 24.4 Å². The zero-order chi connectivity index (χ0) is 14.2. The van der Waals surface area contributed by atoms with Gasteiger partial charge < -0.3 is 5.11 Å². The summed E-state index contributed by atoms with van der Waals surface area (Å²) in [6.07, 6.45) is -3.22. The molecule has 0 aliphatic rings. The predicted octanol–water partition coefficient (Wildman–Crippen LogP) is 3.35. The lowest BCUT2D eigenvalue weighted by Gasteiger charge is -2.11. The zero-order valence-electron chi connectivity index (χ0n) is 9.15. The number of benzene rings is 1. The Morgan fingerprint density at radius 1 is 1.32 bits per heavy atom. The van der Waals surface area contributed by atoms with Crippen LogP contribution >= 0.6 is 15.9 Å². The van der Waals surface area contributed by atoms with Gasteiger partial charge >= 0.3 is 12.1 Å². The van der Waals surface area contributed by atoms with Gasteiger partial charge in [0.15, 0.2) is 5.69 Å². The van der Waals surface area contributed by atoms with Crippen LogP contribution in [0.1, 0.15) is 16.1 Å². The first-order chi connectivity index (χ1) is 8.79. The molecule has 0 aliphatic carbocycles. The van der Waals surface area contributed by atoms with Crippen molar-refractivity contribution >= 4 is 21.9 Å². The normalized spacial score (nSPS) is 11.6. The molecule has 1 aromatic carbocycles. The molecule has 19 heavy (non-hydrogen) atoms. The van der Waals surface area contributed by atoms with Crippen molar-refractivity contribution in [2.45, 2.75) is 6.18 Å². The average molecular weight is 335 g/mol. The third kappa shape index (κ3) is 2.78. The Balaban J connectivity index is 2.48. The zero-order valence-corrected chi connectivity index (χ0v) is 10.7. The van der Waals surface area contributed by atoms with Crippen LogP contribution in [-0.4, -0.2) is 20.9 Å². The molecule has 8 heteroatoms. The average Bonchev–Trinajstić information content (AvgIpc) is 2.77. The maximum Gasteiger partial charge on any atom is 0.417 e. The number of carboxylic acids is 1. The Kier molecular flexibility index (Phi) is 3.36. The highest BCUT2D eigenvalue weighted by Gasteiger charge is 2.33. The number of carboxylic acid groups (broad SMARTS) is 1. The summed E-state index contributed by atoms with van der Waals surface area (Å²) in [5.41, 5.74) is -0.961. The monoisotopic (exact) mass is 334 g/mol. The summed E-state index contributed by atoms with van der Waals surface area (Å²) in [7, 11) is 0. The lowest BCUT2D eigenvalue weighted by molar-refractivity contribution is -0.138. The summed E-state index contributed by atoms with van der Waals surface area (Å²) in [4.78, 5) is 10.7. The van der Waals surface area contributed by atoms with Crippen LogP contribution in [0.4, 0.5) is 13.2 Å². The fourth-order valence-corrected chi connectivity index (χ4v) is 1.93. The van der Waals surface area contributed by atoms with E-state index < -0.39 is 17.7 Å². The molecule has 100 valence electrons. The van der Waals surface area contributed by atoms with E-state index in [0.29, 0.717) is 0 Å². The van der Waals surface area contributed by atoms with E-state index >= 15 is 0 Å². The minimum absolute atomic E-state index is 0.0886. The summed E-state index contributed by atoms with van der Waals surface area (Å²) in [6, 6.07) is 4.73. The molecule has 0 unspecified atom stereocenters. The van der Waals surface area contributed by atoms with Gasteiger partial charge in [-0.05, 0) is 24.3 Å². The number of rotatable bonds is 2. The molecule has 4 nitrogen and oxygen atoms in total. The highest BCUT2D eigenvalue weighted by Crippen LogP contribution is 2.35. The second-order valence-corrected chi connectivity index (χ2v) is 4.47.